The number of aryl methyl sites for hydroxylation is 2. The molecular formula is C12H15N3O. The number of H-pyrrole nitrogens is 1. The van der Waals surface area contributed by atoms with E-state index in [-0.39, 0.29) is 5.69 Å². The van der Waals surface area contributed by atoms with Crippen LogP contribution in [-0.4, -0.2) is 9.55 Å². The molecule has 0 aliphatic rings. The number of nitrogen functional groups attached to an aromatic ring is 1. The van der Waals surface area contributed by atoms with Crippen LogP contribution in [0.2, 0.25) is 0 Å². The highest BCUT2D eigenvalue weighted by molar-refractivity contribution is 5.51. The van der Waals surface area contributed by atoms with Gasteiger partial charge in [0.05, 0.1) is 5.69 Å². The average Bonchev–Trinajstić information content (AvgIpc) is 2.43. The summed E-state index contributed by atoms with van der Waals surface area (Å²) in [7, 11) is 0. The monoisotopic (exact) mass is 217 g/mol. The number of benzene rings is 1. The first-order valence-corrected chi connectivity index (χ1v) is 5.15. The number of aromatic nitrogens is 2. The van der Waals surface area contributed by atoms with Gasteiger partial charge in [0.1, 0.15) is 0 Å². The Balaban J connectivity index is 2.72. The molecule has 4 nitrogen and oxygen atoms in total. The van der Waals surface area contributed by atoms with E-state index in [0.29, 0.717) is 5.69 Å². The minimum absolute atomic E-state index is 0.108. The van der Waals surface area contributed by atoms with Crippen molar-refractivity contribution >= 4 is 5.69 Å². The van der Waals surface area contributed by atoms with Gasteiger partial charge in [-0.2, -0.15) is 0 Å². The van der Waals surface area contributed by atoms with E-state index in [1.807, 2.05) is 32.9 Å². The first-order valence-electron chi connectivity index (χ1n) is 5.15. The Kier molecular flexibility index (Phi) is 2.34. The predicted octanol–water partition coefficient (Wildman–Crippen LogP) is 1.67. The summed E-state index contributed by atoms with van der Waals surface area (Å²) in [4.78, 5) is 14.6. The number of nitrogens with one attached hydrogen (secondary N) is 1. The molecule has 3 N–H and O–H groups in total. The highest BCUT2D eigenvalue weighted by atomic mass is 16.1. The van der Waals surface area contributed by atoms with Crippen LogP contribution >= 0.6 is 0 Å². The molecule has 0 saturated carbocycles. The Bertz CT molecular complexity index is 593. The quantitative estimate of drug-likeness (QED) is 0.714. The van der Waals surface area contributed by atoms with Gasteiger partial charge in [-0.25, -0.2) is 4.79 Å². The van der Waals surface area contributed by atoms with Crippen molar-refractivity contribution in [3.05, 3.63) is 45.6 Å². The summed E-state index contributed by atoms with van der Waals surface area (Å²) in [5.74, 6) is 0. The van der Waals surface area contributed by atoms with Crippen molar-refractivity contribution in [2.75, 3.05) is 5.73 Å². The number of imidazole rings is 1. The summed E-state index contributed by atoms with van der Waals surface area (Å²) in [6.45, 7) is 5.75. The molecule has 0 radical (unpaired) electrons. The van der Waals surface area contributed by atoms with Crippen molar-refractivity contribution in [1.82, 2.24) is 9.55 Å². The molecule has 0 aliphatic heterocycles. The van der Waals surface area contributed by atoms with Crippen LogP contribution in [-0.2, 0) is 0 Å². The van der Waals surface area contributed by atoms with Gasteiger partial charge in [-0.1, -0.05) is 0 Å². The first-order chi connectivity index (χ1) is 7.50. The second kappa shape index (κ2) is 3.56. The normalized spacial score (nSPS) is 10.7. The van der Waals surface area contributed by atoms with E-state index in [2.05, 4.69) is 4.98 Å². The Hall–Kier alpha value is -1.97. The largest absolute Gasteiger partial charge is 0.399 e. The number of nitrogens with two attached hydrogens (primary N) is 1. The number of aromatic amines is 1. The molecule has 1 aromatic carbocycles. The van der Waals surface area contributed by atoms with Crippen molar-refractivity contribution in [3.63, 3.8) is 0 Å². The zero-order valence-corrected chi connectivity index (χ0v) is 9.66. The fourth-order valence-corrected chi connectivity index (χ4v) is 1.85. The van der Waals surface area contributed by atoms with Gasteiger partial charge in [-0.3, -0.25) is 4.57 Å². The van der Waals surface area contributed by atoms with E-state index in [4.69, 9.17) is 5.73 Å². The van der Waals surface area contributed by atoms with Crippen molar-refractivity contribution in [1.29, 1.82) is 0 Å². The molecule has 2 aromatic rings. The number of anilines is 1. The number of nitrogens with zero attached hydrogens (tertiary/aromatic N) is 1. The molecule has 4 heteroatoms. The Morgan fingerprint density at radius 2 is 1.94 bits per heavy atom. The van der Waals surface area contributed by atoms with Gasteiger partial charge in [0.25, 0.3) is 0 Å². The lowest BCUT2D eigenvalue weighted by Crippen LogP contribution is -2.16. The summed E-state index contributed by atoms with van der Waals surface area (Å²) < 4.78 is 1.67. The molecular weight excluding hydrogens is 202 g/mol. The molecule has 0 bridgehead atoms. The average molecular weight is 217 g/mol. The van der Waals surface area contributed by atoms with E-state index in [1.54, 1.807) is 10.6 Å². The third kappa shape index (κ3) is 1.52. The summed E-state index contributed by atoms with van der Waals surface area (Å²) in [5.41, 5.74) is 9.98. The number of rotatable bonds is 1. The smallest absolute Gasteiger partial charge is 0.330 e. The third-order valence-electron chi connectivity index (χ3n) is 2.84. The number of hydrogen-bond acceptors (Lipinski definition) is 2. The molecule has 1 heterocycles. The van der Waals surface area contributed by atoms with Crippen LogP contribution in [0.25, 0.3) is 5.69 Å². The predicted molar refractivity (Wildman–Crippen MR) is 65.0 cm³/mol. The van der Waals surface area contributed by atoms with Crippen LogP contribution in [0.3, 0.4) is 0 Å². The summed E-state index contributed by atoms with van der Waals surface area (Å²) in [6, 6.07) is 5.53. The lowest BCUT2D eigenvalue weighted by Gasteiger charge is -2.08. The van der Waals surface area contributed by atoms with Gasteiger partial charge in [0, 0.05) is 17.1 Å². The van der Waals surface area contributed by atoms with Crippen molar-refractivity contribution in [2.24, 2.45) is 0 Å². The van der Waals surface area contributed by atoms with Gasteiger partial charge in [0.15, 0.2) is 0 Å². The van der Waals surface area contributed by atoms with Crippen LogP contribution in [0.4, 0.5) is 5.69 Å². The van der Waals surface area contributed by atoms with Gasteiger partial charge < -0.3 is 10.7 Å². The van der Waals surface area contributed by atoms with Crippen molar-refractivity contribution in [3.8, 4) is 5.69 Å². The molecule has 2 rings (SSSR count). The minimum atomic E-state index is -0.108. The van der Waals surface area contributed by atoms with Crippen LogP contribution in [0.1, 0.15) is 17.0 Å². The number of hydrogen-bond donors (Lipinski definition) is 2. The maximum absolute atomic E-state index is 11.8. The molecule has 0 atom stereocenters. The van der Waals surface area contributed by atoms with E-state index in [9.17, 15) is 4.79 Å². The van der Waals surface area contributed by atoms with Crippen LogP contribution in [0, 0.1) is 20.8 Å². The SMILES string of the molecule is Cc1cc(N)ccc1-n1c(C)c(C)[nH]c1=O. The summed E-state index contributed by atoms with van der Waals surface area (Å²) >= 11 is 0. The van der Waals surface area contributed by atoms with Gasteiger partial charge in [-0.05, 0) is 44.5 Å². The Labute approximate surface area is 93.7 Å². The zero-order valence-electron chi connectivity index (χ0n) is 9.66. The van der Waals surface area contributed by atoms with Crippen molar-refractivity contribution < 1.29 is 0 Å². The summed E-state index contributed by atoms with van der Waals surface area (Å²) in [6.07, 6.45) is 0. The van der Waals surface area contributed by atoms with Crippen molar-refractivity contribution in [2.45, 2.75) is 20.8 Å². The highest BCUT2D eigenvalue weighted by Crippen LogP contribution is 2.17. The van der Waals surface area contributed by atoms with Crippen LogP contribution in [0.15, 0.2) is 23.0 Å². The minimum Gasteiger partial charge on any atom is -0.399 e. The van der Waals surface area contributed by atoms with Gasteiger partial charge in [-0.15, -0.1) is 0 Å². The fraction of sp³-hybridized carbons (Fsp3) is 0.250. The maximum Gasteiger partial charge on any atom is 0.330 e. The molecule has 0 amide bonds. The van der Waals surface area contributed by atoms with E-state index >= 15 is 0 Å². The van der Waals surface area contributed by atoms with Crippen LogP contribution in [0.5, 0.6) is 0 Å². The van der Waals surface area contributed by atoms with E-state index in [0.717, 1.165) is 22.6 Å². The molecule has 0 saturated heterocycles. The molecule has 16 heavy (non-hydrogen) atoms. The molecule has 0 spiro atoms. The summed E-state index contributed by atoms with van der Waals surface area (Å²) in [5, 5.41) is 0. The Morgan fingerprint density at radius 1 is 1.25 bits per heavy atom. The van der Waals surface area contributed by atoms with Gasteiger partial charge in [0.2, 0.25) is 0 Å². The maximum atomic E-state index is 11.8. The zero-order chi connectivity index (χ0) is 11.9. The molecule has 1 aromatic heterocycles. The molecule has 84 valence electrons. The van der Waals surface area contributed by atoms with E-state index in [1.165, 1.54) is 0 Å². The first kappa shape index (κ1) is 10.5. The topological polar surface area (TPSA) is 63.8 Å². The fourth-order valence-electron chi connectivity index (χ4n) is 1.85. The second-order valence-electron chi connectivity index (χ2n) is 4.02. The third-order valence-corrected chi connectivity index (χ3v) is 2.84. The Morgan fingerprint density at radius 3 is 2.44 bits per heavy atom. The standard InChI is InChI=1S/C12H15N3O/c1-7-6-10(13)4-5-11(7)15-9(3)8(2)14-12(15)16/h4-6H,13H2,1-3H3,(H,14,16). The molecule has 0 aliphatic carbocycles. The van der Waals surface area contributed by atoms with Gasteiger partial charge >= 0.3 is 5.69 Å². The van der Waals surface area contributed by atoms with E-state index < -0.39 is 0 Å². The lowest BCUT2D eigenvalue weighted by molar-refractivity contribution is 0.939. The highest BCUT2D eigenvalue weighted by Gasteiger charge is 2.10. The lowest BCUT2D eigenvalue weighted by atomic mass is 10.1. The molecule has 0 fully saturated rings. The van der Waals surface area contributed by atoms with Crippen LogP contribution < -0.4 is 11.4 Å². The molecule has 0 unspecified atom stereocenters. The second-order valence-corrected chi connectivity index (χ2v) is 4.02.